The number of ether oxygens (including phenoxy) is 6. The molecule has 11 atom stereocenters. The number of rotatable bonds is 51. The van der Waals surface area contributed by atoms with E-state index in [2.05, 4.69) is 38.2 Å². The fourth-order valence-electron chi connectivity index (χ4n) is 10.1. The van der Waals surface area contributed by atoms with Crippen LogP contribution in [0.25, 0.3) is 0 Å². The molecule has 452 valence electrons. The van der Waals surface area contributed by atoms with Crippen LogP contribution >= 0.6 is 0 Å². The molecule has 0 radical (unpaired) electrons. The lowest BCUT2D eigenvalue weighted by atomic mass is 9.98. The Morgan fingerprint density at radius 2 is 0.766 bits per heavy atom. The van der Waals surface area contributed by atoms with Gasteiger partial charge in [0.05, 0.1) is 19.8 Å². The molecule has 0 amide bonds. The molecule has 2 rings (SSSR count). The third-order valence-electron chi connectivity index (χ3n) is 15.2. The summed E-state index contributed by atoms with van der Waals surface area (Å²) in [6, 6.07) is 0. The molecule has 2 aliphatic rings. The van der Waals surface area contributed by atoms with Gasteiger partial charge in [-0.15, -0.1) is 0 Å². The number of allylic oxidation sites excluding steroid dienone is 4. The highest BCUT2D eigenvalue weighted by Crippen LogP contribution is 2.27. The molecular weight excluding hydrogens is 985 g/mol. The number of hydrogen-bond donors (Lipinski definition) is 7. The maximum Gasteiger partial charge on any atom is 0.306 e. The Morgan fingerprint density at radius 3 is 1.22 bits per heavy atom. The summed E-state index contributed by atoms with van der Waals surface area (Å²) in [6.45, 7) is 2.62. The summed E-state index contributed by atoms with van der Waals surface area (Å²) in [6.07, 6.45) is 37.8. The van der Waals surface area contributed by atoms with Crippen LogP contribution in [0.2, 0.25) is 0 Å². The van der Waals surface area contributed by atoms with E-state index in [-0.39, 0.29) is 19.4 Å². The molecule has 2 aliphatic heterocycles. The van der Waals surface area contributed by atoms with Crippen molar-refractivity contribution in [2.45, 2.75) is 332 Å². The molecule has 0 aliphatic carbocycles. The SMILES string of the molecule is CCCCCCCCCCCCCCCC/C=C/CC/C=C/CCCC(=O)O[C@H](COC(=O)CCCCCCCCCCCCCCCCCCCC)CO[C@H]1O[C@@H](CO[C@H]2O[C@@H](CO)[C@@H](O)C(O)C2O)[C@@H](O)C(O)C1O. The minimum absolute atomic E-state index is 0.109. The van der Waals surface area contributed by atoms with E-state index < -0.39 is 99.3 Å². The Labute approximate surface area is 466 Å². The Balaban J connectivity index is 1.73. The highest BCUT2D eigenvalue weighted by molar-refractivity contribution is 5.70. The van der Waals surface area contributed by atoms with Gasteiger partial charge in [0.25, 0.3) is 0 Å². The average Bonchev–Trinajstić information content (AvgIpc) is 3.43. The molecule has 0 bridgehead atoms. The first-order valence-corrected chi connectivity index (χ1v) is 31.4. The second kappa shape index (κ2) is 48.7. The number of unbranched alkanes of at least 4 members (excludes halogenated alkanes) is 33. The predicted octanol–water partition coefficient (Wildman–Crippen LogP) is 11.4. The topological polar surface area (TPSA) is 231 Å². The van der Waals surface area contributed by atoms with Crippen LogP contribution < -0.4 is 0 Å². The van der Waals surface area contributed by atoms with Crippen LogP contribution in [0.1, 0.15) is 264 Å². The standard InChI is InChI=1S/C62H114O15/c1-3-5-7-9-11-13-15-17-19-21-23-24-25-26-27-29-31-33-35-37-39-41-43-45-54(65)75-50(47-72-53(64)44-42-40-38-36-34-32-30-28-22-20-18-16-14-12-10-8-6-4-2)48-73-61-60(71)58(69)56(67)52(77-61)49-74-62-59(70)57(68)55(66)51(46-63)76-62/h29,31,37,39,50-52,55-63,66-71H,3-28,30,32-36,38,40-49H2,1-2H3/b31-29+,39-37+/t50-,51+,52+,55-,56-,57?,58?,59?,60?,61+,62+/m1/s1. The lowest BCUT2D eigenvalue weighted by Gasteiger charge is -2.42. The average molecular weight is 1100 g/mol. The Hall–Kier alpha value is -2.02. The molecule has 2 heterocycles. The smallest absolute Gasteiger partial charge is 0.306 e. The first-order chi connectivity index (χ1) is 37.5. The number of esters is 2. The minimum atomic E-state index is -1.77. The summed E-state index contributed by atoms with van der Waals surface area (Å²) in [5.41, 5.74) is 0. The van der Waals surface area contributed by atoms with Crippen molar-refractivity contribution in [2.24, 2.45) is 0 Å². The molecule has 0 aromatic carbocycles. The van der Waals surface area contributed by atoms with Crippen LogP contribution in [0, 0.1) is 0 Å². The van der Waals surface area contributed by atoms with Gasteiger partial charge < -0.3 is 64.2 Å². The lowest BCUT2D eigenvalue weighted by molar-refractivity contribution is -0.332. The molecule has 15 heteroatoms. The largest absolute Gasteiger partial charge is 0.462 e. The molecule has 0 aromatic heterocycles. The molecule has 0 aromatic rings. The summed E-state index contributed by atoms with van der Waals surface area (Å²) in [5, 5.41) is 72.4. The number of carbonyl (C=O) groups excluding carboxylic acids is 2. The number of hydrogen-bond acceptors (Lipinski definition) is 15. The monoisotopic (exact) mass is 1100 g/mol. The molecule has 4 unspecified atom stereocenters. The van der Waals surface area contributed by atoms with Crippen LogP contribution in [-0.4, -0.2) is 142 Å². The van der Waals surface area contributed by atoms with Crippen molar-refractivity contribution >= 4 is 11.9 Å². The van der Waals surface area contributed by atoms with Crippen LogP contribution in [-0.2, 0) is 38.0 Å². The van der Waals surface area contributed by atoms with Crippen molar-refractivity contribution in [1.82, 2.24) is 0 Å². The van der Waals surface area contributed by atoms with Gasteiger partial charge >= 0.3 is 11.9 Å². The molecule has 0 spiro atoms. The first kappa shape index (κ1) is 71.1. The van der Waals surface area contributed by atoms with Crippen molar-refractivity contribution in [2.75, 3.05) is 26.4 Å². The summed E-state index contributed by atoms with van der Waals surface area (Å²) < 4.78 is 33.7. The summed E-state index contributed by atoms with van der Waals surface area (Å²) >= 11 is 0. The third kappa shape index (κ3) is 35.5. The lowest BCUT2D eigenvalue weighted by Crippen LogP contribution is -2.61. The molecule has 2 fully saturated rings. The minimum Gasteiger partial charge on any atom is -0.462 e. The predicted molar refractivity (Wildman–Crippen MR) is 303 cm³/mol. The van der Waals surface area contributed by atoms with Gasteiger partial charge in [0.1, 0.15) is 55.4 Å². The number of aliphatic hydroxyl groups excluding tert-OH is 7. The zero-order valence-electron chi connectivity index (χ0n) is 48.5. The van der Waals surface area contributed by atoms with Crippen molar-refractivity contribution in [3.8, 4) is 0 Å². The van der Waals surface area contributed by atoms with E-state index >= 15 is 0 Å². The zero-order valence-corrected chi connectivity index (χ0v) is 48.5. The Kier molecular flexibility index (Phi) is 44.9. The molecular formula is C62H114O15. The number of carbonyl (C=O) groups is 2. The van der Waals surface area contributed by atoms with E-state index in [4.69, 9.17) is 28.4 Å². The molecule has 77 heavy (non-hydrogen) atoms. The van der Waals surface area contributed by atoms with Crippen molar-refractivity contribution < 1.29 is 73.8 Å². The van der Waals surface area contributed by atoms with Gasteiger partial charge in [0.15, 0.2) is 18.7 Å². The normalized spacial score (nSPS) is 24.3. The zero-order chi connectivity index (χ0) is 56.0. The second-order valence-electron chi connectivity index (χ2n) is 22.2. The van der Waals surface area contributed by atoms with E-state index in [1.54, 1.807) is 0 Å². The van der Waals surface area contributed by atoms with E-state index in [1.165, 1.54) is 180 Å². The quantitative estimate of drug-likeness (QED) is 0.0171. The van der Waals surface area contributed by atoms with E-state index in [9.17, 15) is 45.3 Å². The highest BCUT2D eigenvalue weighted by atomic mass is 16.7. The van der Waals surface area contributed by atoms with Gasteiger partial charge in [-0.3, -0.25) is 9.59 Å². The van der Waals surface area contributed by atoms with E-state index in [0.717, 1.165) is 38.5 Å². The summed E-state index contributed by atoms with van der Waals surface area (Å²) in [5.74, 6) is -0.959. The van der Waals surface area contributed by atoms with Crippen LogP contribution in [0.3, 0.4) is 0 Å². The number of aliphatic hydroxyl groups is 7. The van der Waals surface area contributed by atoms with E-state index in [0.29, 0.717) is 19.3 Å². The molecule has 7 N–H and O–H groups in total. The Bertz CT molecular complexity index is 1430. The maximum absolute atomic E-state index is 13.1. The maximum atomic E-state index is 13.1. The van der Waals surface area contributed by atoms with Gasteiger partial charge in [0.2, 0.25) is 0 Å². The van der Waals surface area contributed by atoms with Crippen LogP contribution in [0.5, 0.6) is 0 Å². The van der Waals surface area contributed by atoms with Crippen molar-refractivity contribution in [3.63, 3.8) is 0 Å². The van der Waals surface area contributed by atoms with Crippen molar-refractivity contribution in [1.29, 1.82) is 0 Å². The molecule has 0 saturated carbocycles. The van der Waals surface area contributed by atoms with Crippen molar-refractivity contribution in [3.05, 3.63) is 24.3 Å². The van der Waals surface area contributed by atoms with Gasteiger partial charge in [-0.1, -0.05) is 231 Å². The van der Waals surface area contributed by atoms with Gasteiger partial charge in [-0.2, -0.15) is 0 Å². The van der Waals surface area contributed by atoms with Crippen LogP contribution in [0.4, 0.5) is 0 Å². The highest BCUT2D eigenvalue weighted by Gasteiger charge is 2.47. The second-order valence-corrected chi connectivity index (χ2v) is 22.2. The Morgan fingerprint density at radius 1 is 0.403 bits per heavy atom. The molecule has 15 nitrogen and oxygen atoms in total. The molecule has 2 saturated heterocycles. The van der Waals surface area contributed by atoms with Crippen LogP contribution in [0.15, 0.2) is 24.3 Å². The van der Waals surface area contributed by atoms with Gasteiger partial charge in [-0.25, -0.2) is 0 Å². The third-order valence-corrected chi connectivity index (χ3v) is 15.2. The summed E-state index contributed by atoms with van der Waals surface area (Å²) in [7, 11) is 0. The van der Waals surface area contributed by atoms with Gasteiger partial charge in [-0.05, 0) is 44.9 Å². The van der Waals surface area contributed by atoms with Gasteiger partial charge in [0, 0.05) is 12.8 Å². The fraction of sp³-hybridized carbons (Fsp3) is 0.903. The van der Waals surface area contributed by atoms with E-state index in [1.807, 2.05) is 0 Å². The fourth-order valence-corrected chi connectivity index (χ4v) is 10.1. The summed E-state index contributed by atoms with van der Waals surface area (Å²) in [4.78, 5) is 25.9. The first-order valence-electron chi connectivity index (χ1n) is 31.4.